The molecule has 6 heteroatoms. The largest absolute Gasteiger partial charge is 0.493 e. The third-order valence-corrected chi connectivity index (χ3v) is 3.41. The minimum Gasteiger partial charge on any atom is -0.493 e. The number of rotatable bonds is 7. The highest BCUT2D eigenvalue weighted by Crippen LogP contribution is 2.39. The van der Waals surface area contributed by atoms with Crippen molar-refractivity contribution in [2.24, 2.45) is 5.73 Å². The molecule has 0 aromatic heterocycles. The minimum absolute atomic E-state index is 0.165. The molecule has 0 fully saturated rings. The van der Waals surface area contributed by atoms with Crippen LogP contribution in [0.25, 0.3) is 6.08 Å². The summed E-state index contributed by atoms with van der Waals surface area (Å²) in [6.07, 6.45) is 1.37. The maximum absolute atomic E-state index is 11.2. The van der Waals surface area contributed by atoms with Crippen molar-refractivity contribution in [3.05, 3.63) is 59.2 Å². The lowest BCUT2D eigenvalue weighted by molar-refractivity contribution is -0.114. The van der Waals surface area contributed by atoms with Crippen LogP contribution in [0.5, 0.6) is 17.2 Å². The first-order valence-electron chi connectivity index (χ1n) is 7.43. The smallest absolute Gasteiger partial charge is 0.259 e. The fraction of sp³-hybridized carbons (Fsp3) is 0.158. The van der Waals surface area contributed by atoms with E-state index in [2.05, 4.69) is 0 Å². The molecule has 0 spiro atoms. The number of amides is 1. The second-order valence-electron chi connectivity index (χ2n) is 5.06. The predicted molar refractivity (Wildman–Crippen MR) is 93.1 cm³/mol. The fourth-order valence-corrected chi connectivity index (χ4v) is 2.18. The first-order chi connectivity index (χ1) is 12.1. The van der Waals surface area contributed by atoms with Crippen LogP contribution in [0.2, 0.25) is 0 Å². The minimum atomic E-state index is -0.801. The Morgan fingerprint density at radius 1 is 1.16 bits per heavy atom. The molecule has 0 aliphatic heterocycles. The third-order valence-electron chi connectivity index (χ3n) is 3.41. The van der Waals surface area contributed by atoms with E-state index in [1.54, 1.807) is 18.2 Å². The maximum Gasteiger partial charge on any atom is 0.259 e. The van der Waals surface area contributed by atoms with Gasteiger partial charge in [0.1, 0.15) is 18.2 Å². The first kappa shape index (κ1) is 17.9. The average molecular weight is 338 g/mol. The van der Waals surface area contributed by atoms with Gasteiger partial charge in [0.25, 0.3) is 5.91 Å². The normalized spacial score (nSPS) is 10.7. The Balaban J connectivity index is 2.37. The topological polar surface area (TPSA) is 94.6 Å². The monoisotopic (exact) mass is 338 g/mol. The van der Waals surface area contributed by atoms with Crippen molar-refractivity contribution in [1.82, 2.24) is 0 Å². The molecule has 0 atom stereocenters. The quantitative estimate of drug-likeness (QED) is 0.618. The van der Waals surface area contributed by atoms with Gasteiger partial charge in [-0.25, -0.2) is 0 Å². The standard InChI is InChI=1S/C19H18N2O4/c1-23-16-9-14(8-15(11-20)19(21)22)10-17(24-2)18(16)25-12-13-6-4-3-5-7-13/h3-10H,12H2,1-2H3,(H2,21,22)/b15-8+. The second-order valence-corrected chi connectivity index (χ2v) is 5.06. The SMILES string of the molecule is COc1cc(/C=C(\C#N)C(N)=O)cc(OC)c1OCc1ccccc1. The lowest BCUT2D eigenvalue weighted by Gasteiger charge is -2.15. The molecule has 0 bridgehead atoms. The van der Waals surface area contributed by atoms with E-state index in [0.29, 0.717) is 29.4 Å². The van der Waals surface area contributed by atoms with Gasteiger partial charge in [0.05, 0.1) is 14.2 Å². The molecule has 0 aliphatic carbocycles. The molecular weight excluding hydrogens is 320 g/mol. The van der Waals surface area contributed by atoms with Crippen LogP contribution in [-0.2, 0) is 11.4 Å². The van der Waals surface area contributed by atoms with Crippen molar-refractivity contribution in [3.63, 3.8) is 0 Å². The summed E-state index contributed by atoms with van der Waals surface area (Å²) in [5.74, 6) is 0.472. The van der Waals surface area contributed by atoms with Gasteiger partial charge in [-0.1, -0.05) is 30.3 Å². The highest BCUT2D eigenvalue weighted by Gasteiger charge is 2.15. The Labute approximate surface area is 146 Å². The van der Waals surface area contributed by atoms with E-state index in [0.717, 1.165) is 5.56 Å². The molecule has 1 amide bonds. The Kier molecular flexibility index (Phi) is 6.02. The molecule has 0 saturated carbocycles. The molecular formula is C19H18N2O4. The zero-order valence-corrected chi connectivity index (χ0v) is 14.0. The molecule has 2 aromatic rings. The van der Waals surface area contributed by atoms with Crippen LogP contribution in [0, 0.1) is 11.3 Å². The van der Waals surface area contributed by atoms with Gasteiger partial charge in [0.2, 0.25) is 5.75 Å². The van der Waals surface area contributed by atoms with E-state index in [4.69, 9.17) is 25.2 Å². The van der Waals surface area contributed by atoms with Gasteiger partial charge in [-0.15, -0.1) is 0 Å². The molecule has 0 unspecified atom stereocenters. The van der Waals surface area contributed by atoms with E-state index in [1.807, 2.05) is 30.3 Å². The lowest BCUT2D eigenvalue weighted by Crippen LogP contribution is -2.12. The van der Waals surface area contributed by atoms with Crippen molar-refractivity contribution < 1.29 is 19.0 Å². The molecule has 25 heavy (non-hydrogen) atoms. The maximum atomic E-state index is 11.2. The fourth-order valence-electron chi connectivity index (χ4n) is 2.18. The van der Waals surface area contributed by atoms with E-state index < -0.39 is 5.91 Å². The summed E-state index contributed by atoms with van der Waals surface area (Å²) < 4.78 is 16.6. The number of hydrogen-bond donors (Lipinski definition) is 1. The molecule has 2 N–H and O–H groups in total. The molecule has 0 radical (unpaired) electrons. The third kappa shape index (κ3) is 4.52. The average Bonchev–Trinajstić information content (AvgIpc) is 2.64. The number of carbonyl (C=O) groups is 1. The van der Waals surface area contributed by atoms with Crippen molar-refractivity contribution in [2.75, 3.05) is 14.2 Å². The first-order valence-corrected chi connectivity index (χ1v) is 7.43. The van der Waals surface area contributed by atoms with Gasteiger partial charge in [0.15, 0.2) is 11.5 Å². The van der Waals surface area contributed by atoms with E-state index in [1.165, 1.54) is 20.3 Å². The number of hydrogen-bond acceptors (Lipinski definition) is 5. The van der Waals surface area contributed by atoms with E-state index in [9.17, 15) is 4.79 Å². The number of nitriles is 1. The highest BCUT2D eigenvalue weighted by atomic mass is 16.5. The van der Waals surface area contributed by atoms with E-state index >= 15 is 0 Å². The molecule has 2 rings (SSSR count). The number of methoxy groups -OCH3 is 2. The Bertz CT molecular complexity index is 798. The molecule has 0 saturated heterocycles. The number of nitrogens with zero attached hydrogens (tertiary/aromatic N) is 1. The zero-order chi connectivity index (χ0) is 18.2. The van der Waals surface area contributed by atoms with Gasteiger partial charge < -0.3 is 19.9 Å². The van der Waals surface area contributed by atoms with Gasteiger partial charge in [-0.3, -0.25) is 4.79 Å². The van der Waals surface area contributed by atoms with Crippen molar-refractivity contribution in [2.45, 2.75) is 6.61 Å². The molecule has 6 nitrogen and oxygen atoms in total. The predicted octanol–water partition coefficient (Wildman–Crippen LogP) is 2.68. The van der Waals surface area contributed by atoms with Crippen molar-refractivity contribution in [1.29, 1.82) is 5.26 Å². The number of primary amides is 1. The summed E-state index contributed by atoms with van der Waals surface area (Å²) in [6, 6.07) is 14.7. The van der Waals surface area contributed by atoms with Crippen LogP contribution >= 0.6 is 0 Å². The molecule has 0 aliphatic rings. The summed E-state index contributed by atoms with van der Waals surface area (Å²) in [6.45, 7) is 0.341. The highest BCUT2D eigenvalue weighted by molar-refractivity contribution is 6.00. The van der Waals surface area contributed by atoms with Crippen molar-refractivity contribution >= 4 is 12.0 Å². The van der Waals surface area contributed by atoms with Crippen LogP contribution in [0.4, 0.5) is 0 Å². The number of ether oxygens (including phenoxy) is 3. The molecule has 0 heterocycles. The number of benzene rings is 2. The summed E-state index contributed by atoms with van der Waals surface area (Å²) in [5.41, 5.74) is 6.53. The van der Waals surface area contributed by atoms with Gasteiger partial charge >= 0.3 is 0 Å². The number of carbonyl (C=O) groups excluding carboxylic acids is 1. The summed E-state index contributed by atoms with van der Waals surface area (Å²) >= 11 is 0. The summed E-state index contributed by atoms with van der Waals surface area (Å²) in [5, 5.41) is 8.97. The Hall–Kier alpha value is -3.46. The zero-order valence-electron chi connectivity index (χ0n) is 14.0. The Morgan fingerprint density at radius 2 is 1.76 bits per heavy atom. The molecule has 2 aromatic carbocycles. The van der Waals surface area contributed by atoms with Gasteiger partial charge in [-0.05, 0) is 29.3 Å². The second kappa shape index (κ2) is 8.41. The number of nitrogens with two attached hydrogens (primary N) is 1. The Morgan fingerprint density at radius 3 is 2.24 bits per heavy atom. The van der Waals surface area contributed by atoms with Gasteiger partial charge in [0, 0.05) is 0 Å². The van der Waals surface area contributed by atoms with Crippen molar-refractivity contribution in [3.8, 4) is 23.3 Å². The van der Waals surface area contributed by atoms with Gasteiger partial charge in [-0.2, -0.15) is 5.26 Å². The van der Waals surface area contributed by atoms with Crippen LogP contribution in [0.3, 0.4) is 0 Å². The van der Waals surface area contributed by atoms with Crippen LogP contribution in [0.15, 0.2) is 48.0 Å². The summed E-state index contributed by atoms with van der Waals surface area (Å²) in [4.78, 5) is 11.2. The summed E-state index contributed by atoms with van der Waals surface area (Å²) in [7, 11) is 2.99. The molecule has 128 valence electrons. The van der Waals surface area contributed by atoms with E-state index in [-0.39, 0.29) is 5.57 Å². The van der Waals surface area contributed by atoms with Crippen LogP contribution in [-0.4, -0.2) is 20.1 Å². The lowest BCUT2D eigenvalue weighted by atomic mass is 10.1. The van der Waals surface area contributed by atoms with Crippen LogP contribution < -0.4 is 19.9 Å². The van der Waals surface area contributed by atoms with Crippen LogP contribution in [0.1, 0.15) is 11.1 Å².